The molecule has 1 aromatic carbocycles. The van der Waals surface area contributed by atoms with Crippen LogP contribution in [0, 0.1) is 0 Å². The molecule has 2 aliphatic rings. The van der Waals surface area contributed by atoms with Gasteiger partial charge in [0.05, 0.1) is 24.0 Å². The number of alkyl halides is 3. The minimum absolute atomic E-state index is 0.0671. The molecular formula is C23H25F3N4O2. The van der Waals surface area contributed by atoms with Gasteiger partial charge in [-0.25, -0.2) is 0 Å². The van der Waals surface area contributed by atoms with E-state index in [2.05, 4.69) is 41.6 Å². The third-order valence-corrected chi connectivity index (χ3v) is 6.48. The fraction of sp³-hybridized carbons (Fsp3) is 0.435. The Balaban J connectivity index is 1.51. The zero-order valence-corrected chi connectivity index (χ0v) is 18.0. The lowest BCUT2D eigenvalue weighted by atomic mass is 9.83. The summed E-state index contributed by atoms with van der Waals surface area (Å²) in [5.41, 5.74) is 2.69. The first-order chi connectivity index (χ1) is 15.0. The van der Waals surface area contributed by atoms with Crippen LogP contribution in [0.1, 0.15) is 43.1 Å². The number of likely N-dealkylation sites (N-methyl/N-ethyl adjacent to an activating group) is 1. The Kier molecular flexibility index (Phi) is 5.38. The van der Waals surface area contributed by atoms with Gasteiger partial charge in [0.2, 0.25) is 11.8 Å². The van der Waals surface area contributed by atoms with Gasteiger partial charge in [0.15, 0.2) is 6.04 Å². The molecule has 1 aliphatic carbocycles. The van der Waals surface area contributed by atoms with Crippen molar-refractivity contribution >= 4 is 17.5 Å². The quantitative estimate of drug-likeness (QED) is 0.691. The molecule has 0 unspecified atom stereocenters. The average molecular weight is 446 g/mol. The molecule has 1 aliphatic heterocycles. The first kappa shape index (κ1) is 22.1. The molecule has 1 aromatic heterocycles. The summed E-state index contributed by atoms with van der Waals surface area (Å²) in [6.07, 6.45) is -2.64. The molecule has 9 heteroatoms. The Morgan fingerprint density at radius 2 is 1.91 bits per heavy atom. The molecule has 2 N–H and O–H groups in total. The normalized spacial score (nSPS) is 22.4. The van der Waals surface area contributed by atoms with Crippen molar-refractivity contribution in [1.29, 1.82) is 0 Å². The summed E-state index contributed by atoms with van der Waals surface area (Å²) < 4.78 is 41.5. The fourth-order valence-corrected chi connectivity index (χ4v) is 4.54. The van der Waals surface area contributed by atoms with Gasteiger partial charge in [0.25, 0.3) is 0 Å². The maximum absolute atomic E-state index is 13.8. The number of nitrogens with one attached hydrogen (secondary N) is 2. The van der Waals surface area contributed by atoms with Crippen molar-refractivity contribution in [1.82, 2.24) is 15.2 Å². The number of pyridine rings is 1. The van der Waals surface area contributed by atoms with Crippen molar-refractivity contribution in [2.45, 2.75) is 56.4 Å². The number of hydrogen-bond acceptors (Lipinski definition) is 4. The van der Waals surface area contributed by atoms with E-state index in [1.807, 2.05) is 12.1 Å². The summed E-state index contributed by atoms with van der Waals surface area (Å²) >= 11 is 0. The van der Waals surface area contributed by atoms with E-state index in [9.17, 15) is 22.8 Å². The number of rotatable bonds is 5. The molecule has 0 spiro atoms. The van der Waals surface area contributed by atoms with Gasteiger partial charge in [0, 0.05) is 18.5 Å². The van der Waals surface area contributed by atoms with Crippen molar-refractivity contribution in [2.24, 2.45) is 0 Å². The Morgan fingerprint density at radius 1 is 1.22 bits per heavy atom. The number of carbonyl (C=O) groups is 2. The molecule has 3 atom stereocenters. The third kappa shape index (κ3) is 3.91. The van der Waals surface area contributed by atoms with Crippen LogP contribution in [0.4, 0.5) is 18.9 Å². The predicted octanol–water partition coefficient (Wildman–Crippen LogP) is 3.35. The smallest absolute Gasteiger partial charge is 0.380 e. The van der Waals surface area contributed by atoms with Gasteiger partial charge >= 0.3 is 6.18 Å². The van der Waals surface area contributed by atoms with Crippen molar-refractivity contribution in [3.8, 4) is 0 Å². The third-order valence-electron chi connectivity index (χ3n) is 6.48. The number of anilines is 1. The Hall–Kier alpha value is -3.10. The van der Waals surface area contributed by atoms with Gasteiger partial charge in [-0.2, -0.15) is 13.2 Å². The summed E-state index contributed by atoms with van der Waals surface area (Å²) in [4.78, 5) is 28.1. The van der Waals surface area contributed by atoms with E-state index in [0.29, 0.717) is 10.6 Å². The van der Waals surface area contributed by atoms with Gasteiger partial charge in [-0.05, 0) is 29.7 Å². The van der Waals surface area contributed by atoms with Crippen molar-refractivity contribution in [3.63, 3.8) is 0 Å². The summed E-state index contributed by atoms with van der Waals surface area (Å²) in [6, 6.07) is 7.98. The molecule has 2 amide bonds. The number of hydrogen-bond donors (Lipinski definition) is 2. The van der Waals surface area contributed by atoms with Gasteiger partial charge < -0.3 is 15.5 Å². The molecule has 0 bridgehead atoms. The number of nitrogens with zero attached hydrogens (tertiary/aromatic N) is 2. The number of fused-ring (bicyclic) bond motifs is 1. The first-order valence-electron chi connectivity index (χ1n) is 10.4. The summed E-state index contributed by atoms with van der Waals surface area (Å²) in [6.45, 7) is 4.27. The van der Waals surface area contributed by atoms with Crippen molar-refractivity contribution in [3.05, 3.63) is 59.4 Å². The van der Waals surface area contributed by atoms with Gasteiger partial charge in [-0.3, -0.25) is 14.6 Å². The Bertz CT molecular complexity index is 1030. The van der Waals surface area contributed by atoms with Crippen LogP contribution >= 0.6 is 0 Å². The first-order valence-corrected chi connectivity index (χ1v) is 10.4. The maximum Gasteiger partial charge on any atom is 0.414 e. The molecule has 1 fully saturated rings. The van der Waals surface area contributed by atoms with Crippen molar-refractivity contribution < 1.29 is 22.8 Å². The van der Waals surface area contributed by atoms with Crippen LogP contribution in [0.5, 0.6) is 0 Å². The van der Waals surface area contributed by atoms with Crippen LogP contribution in [-0.4, -0.2) is 47.0 Å². The molecule has 1 saturated heterocycles. The Morgan fingerprint density at radius 3 is 2.47 bits per heavy atom. The summed E-state index contributed by atoms with van der Waals surface area (Å²) in [5, 5.41) is 5.72. The standard InChI is InChI=1S/C23H25F3N4O2/c1-22(2)15-7-5-4-6-13(15)10-18(22)28-14-8-9-16(27-12-14)20(23(24,25)26)30(3)21(32)17-11-19(31)29-17/h4-9,12,17-18,20,28H,10-11H2,1-3H3,(H,29,31)/t17-,18-,20-/m0/s1. The van der Waals surface area contributed by atoms with Crippen LogP contribution in [0.3, 0.4) is 0 Å². The monoisotopic (exact) mass is 446 g/mol. The molecule has 32 heavy (non-hydrogen) atoms. The lowest BCUT2D eigenvalue weighted by molar-refractivity contribution is -0.191. The largest absolute Gasteiger partial charge is 0.414 e. The average Bonchev–Trinajstić information content (AvgIpc) is 2.95. The van der Waals surface area contributed by atoms with Gasteiger partial charge in [-0.1, -0.05) is 38.1 Å². The van der Waals surface area contributed by atoms with Crippen LogP contribution in [0.2, 0.25) is 0 Å². The lowest BCUT2D eigenvalue weighted by Crippen LogP contribution is -2.58. The number of halogens is 3. The molecule has 2 heterocycles. The number of β-lactam (4-membered cyclic amide) rings is 1. The second-order valence-electron chi connectivity index (χ2n) is 8.97. The molecule has 170 valence electrons. The van der Waals surface area contributed by atoms with Crippen LogP contribution < -0.4 is 10.6 Å². The summed E-state index contributed by atoms with van der Waals surface area (Å²) in [7, 11) is 1.08. The number of aromatic nitrogens is 1. The lowest BCUT2D eigenvalue weighted by Gasteiger charge is -2.35. The van der Waals surface area contributed by atoms with Crippen LogP contribution in [0.15, 0.2) is 42.6 Å². The topological polar surface area (TPSA) is 74.3 Å². The number of benzene rings is 1. The molecule has 4 rings (SSSR count). The highest BCUT2D eigenvalue weighted by molar-refractivity contribution is 5.97. The van der Waals surface area contributed by atoms with E-state index in [4.69, 9.17) is 0 Å². The van der Waals surface area contributed by atoms with E-state index >= 15 is 0 Å². The highest BCUT2D eigenvalue weighted by Gasteiger charge is 2.48. The van der Waals surface area contributed by atoms with Crippen molar-refractivity contribution in [2.75, 3.05) is 12.4 Å². The second kappa shape index (κ2) is 7.79. The fourth-order valence-electron chi connectivity index (χ4n) is 4.54. The van der Waals surface area contributed by atoms with Gasteiger partial charge in [0.1, 0.15) is 6.04 Å². The highest BCUT2D eigenvalue weighted by atomic mass is 19.4. The number of carbonyl (C=O) groups excluding carboxylic acids is 2. The van der Waals surface area contributed by atoms with E-state index in [0.717, 1.165) is 13.5 Å². The van der Waals surface area contributed by atoms with E-state index in [1.165, 1.54) is 23.4 Å². The molecular weight excluding hydrogens is 421 g/mol. The second-order valence-corrected chi connectivity index (χ2v) is 8.97. The molecule has 6 nitrogen and oxygen atoms in total. The summed E-state index contributed by atoms with van der Waals surface area (Å²) in [5.74, 6) is -1.15. The van der Waals surface area contributed by atoms with E-state index in [1.54, 1.807) is 6.07 Å². The van der Waals surface area contributed by atoms with E-state index in [-0.39, 0.29) is 29.5 Å². The van der Waals surface area contributed by atoms with E-state index < -0.39 is 24.2 Å². The molecule has 0 radical (unpaired) electrons. The minimum Gasteiger partial charge on any atom is -0.380 e. The predicted molar refractivity (Wildman–Crippen MR) is 113 cm³/mol. The zero-order chi connectivity index (χ0) is 23.3. The molecule has 2 aromatic rings. The highest BCUT2D eigenvalue weighted by Crippen LogP contribution is 2.40. The number of amides is 2. The molecule has 0 saturated carbocycles. The zero-order valence-electron chi connectivity index (χ0n) is 18.0. The van der Waals surface area contributed by atoms with Gasteiger partial charge in [-0.15, -0.1) is 0 Å². The maximum atomic E-state index is 13.8. The van der Waals surface area contributed by atoms with Crippen LogP contribution in [0.25, 0.3) is 0 Å². The Labute approximate surface area is 184 Å². The minimum atomic E-state index is -4.71. The SMILES string of the molecule is CN(C(=O)[C@@H]1CC(=O)N1)[C@@H](c1ccc(N[C@H]2Cc3ccccc3C2(C)C)cn1)C(F)(F)F. The van der Waals surface area contributed by atoms with Crippen LogP contribution in [-0.2, 0) is 21.4 Å².